The molecule has 1 aromatic rings. The molecule has 2 fully saturated rings. The van der Waals surface area contributed by atoms with Gasteiger partial charge in [-0.25, -0.2) is 4.98 Å². The third-order valence-electron chi connectivity index (χ3n) is 4.45. The minimum Gasteiger partial charge on any atom is -0.339 e. The normalized spacial score (nSPS) is 25.8. The van der Waals surface area contributed by atoms with Crippen LogP contribution < -0.4 is 10.2 Å². The molecule has 4 heteroatoms. The molecular weight excluding hydrogens is 236 g/mol. The lowest BCUT2D eigenvalue weighted by Gasteiger charge is -2.35. The third kappa shape index (κ3) is 2.78. The molecule has 1 saturated carbocycles. The van der Waals surface area contributed by atoms with E-state index in [0.717, 1.165) is 25.3 Å². The molecule has 2 heterocycles. The maximum absolute atomic E-state index is 4.81. The van der Waals surface area contributed by atoms with Crippen molar-refractivity contribution in [2.75, 3.05) is 24.5 Å². The predicted molar refractivity (Wildman–Crippen MR) is 78.8 cm³/mol. The summed E-state index contributed by atoms with van der Waals surface area (Å²) in [6.45, 7) is 7.59. The summed E-state index contributed by atoms with van der Waals surface area (Å²) in [5.74, 6) is 1.21. The first kappa shape index (κ1) is 13.0. The summed E-state index contributed by atoms with van der Waals surface area (Å²) in [4.78, 5) is 7.27. The average Bonchev–Trinajstić information content (AvgIpc) is 2.82. The van der Waals surface area contributed by atoms with Gasteiger partial charge >= 0.3 is 0 Å². The van der Waals surface area contributed by atoms with Crippen LogP contribution in [0.2, 0.25) is 0 Å². The molecule has 0 aromatic carbocycles. The van der Waals surface area contributed by atoms with Crippen molar-refractivity contribution in [3.8, 4) is 0 Å². The summed E-state index contributed by atoms with van der Waals surface area (Å²) >= 11 is 0. The van der Waals surface area contributed by atoms with E-state index in [-0.39, 0.29) is 0 Å². The zero-order valence-electron chi connectivity index (χ0n) is 12.2. The quantitative estimate of drug-likeness (QED) is 0.889. The first-order chi connectivity index (χ1) is 9.24. The highest BCUT2D eigenvalue weighted by atomic mass is 15.3. The number of anilines is 1. The van der Waals surface area contributed by atoms with Gasteiger partial charge in [0.25, 0.3) is 0 Å². The Morgan fingerprint density at radius 1 is 1.26 bits per heavy atom. The number of nitrogens with one attached hydrogen (secondary N) is 1. The van der Waals surface area contributed by atoms with Crippen molar-refractivity contribution in [3.05, 3.63) is 11.9 Å². The van der Waals surface area contributed by atoms with Crippen LogP contribution in [0.3, 0.4) is 0 Å². The average molecular weight is 262 g/mol. The van der Waals surface area contributed by atoms with E-state index in [2.05, 4.69) is 34.8 Å². The second-order valence-electron chi connectivity index (χ2n) is 6.18. The summed E-state index contributed by atoms with van der Waals surface area (Å²) in [7, 11) is 0. The van der Waals surface area contributed by atoms with Crippen molar-refractivity contribution >= 4 is 5.95 Å². The number of piperazine rings is 1. The predicted octanol–water partition coefficient (Wildman–Crippen LogP) is 2.49. The lowest BCUT2D eigenvalue weighted by Crippen LogP contribution is -2.50. The smallest absolute Gasteiger partial charge is 0.206 e. The molecule has 1 N–H and O–H groups in total. The highest BCUT2D eigenvalue weighted by Crippen LogP contribution is 2.32. The van der Waals surface area contributed by atoms with E-state index in [9.17, 15) is 0 Å². The van der Waals surface area contributed by atoms with Crippen LogP contribution in [0.25, 0.3) is 0 Å². The second-order valence-corrected chi connectivity index (χ2v) is 6.18. The van der Waals surface area contributed by atoms with E-state index in [4.69, 9.17) is 4.98 Å². The van der Waals surface area contributed by atoms with Gasteiger partial charge in [-0.3, -0.25) is 0 Å². The van der Waals surface area contributed by atoms with E-state index < -0.39 is 0 Å². The molecule has 0 amide bonds. The standard InChI is InChI=1S/C15H26N4/c1-12-10-18(9-8-16-12)15-17-13(2)11-19(15)14-6-4-3-5-7-14/h11-12,14,16H,3-10H2,1-2H3/t12-/m1/s1. The Kier molecular flexibility index (Phi) is 3.78. The maximum atomic E-state index is 4.81. The van der Waals surface area contributed by atoms with Gasteiger partial charge in [0.1, 0.15) is 0 Å². The van der Waals surface area contributed by atoms with Gasteiger partial charge in [-0.15, -0.1) is 0 Å². The molecule has 1 aliphatic carbocycles. The van der Waals surface area contributed by atoms with Crippen LogP contribution in [0.15, 0.2) is 6.20 Å². The molecule has 1 atom stereocenters. The zero-order chi connectivity index (χ0) is 13.2. The summed E-state index contributed by atoms with van der Waals surface area (Å²) < 4.78 is 2.46. The van der Waals surface area contributed by atoms with Crippen LogP contribution >= 0.6 is 0 Å². The lowest BCUT2D eigenvalue weighted by molar-refractivity contribution is 0.350. The molecule has 106 valence electrons. The Balaban J connectivity index is 1.83. The fourth-order valence-electron chi connectivity index (χ4n) is 3.48. The monoisotopic (exact) mass is 262 g/mol. The molecular formula is C15H26N4. The highest BCUT2D eigenvalue weighted by molar-refractivity contribution is 5.35. The first-order valence-corrected chi connectivity index (χ1v) is 7.78. The van der Waals surface area contributed by atoms with Crippen molar-refractivity contribution in [2.45, 2.75) is 58.0 Å². The zero-order valence-corrected chi connectivity index (χ0v) is 12.2. The van der Waals surface area contributed by atoms with Crippen molar-refractivity contribution < 1.29 is 0 Å². The van der Waals surface area contributed by atoms with Crippen LogP contribution in [0, 0.1) is 6.92 Å². The summed E-state index contributed by atoms with van der Waals surface area (Å²) in [6.07, 6.45) is 9.07. The molecule has 1 saturated heterocycles. The summed E-state index contributed by atoms with van der Waals surface area (Å²) in [6, 6.07) is 1.24. The molecule has 1 aliphatic heterocycles. The molecule has 4 nitrogen and oxygen atoms in total. The van der Waals surface area contributed by atoms with E-state index >= 15 is 0 Å². The maximum Gasteiger partial charge on any atom is 0.206 e. The minimum atomic E-state index is 0.561. The fraction of sp³-hybridized carbons (Fsp3) is 0.800. The van der Waals surface area contributed by atoms with Crippen LogP contribution in [0.5, 0.6) is 0 Å². The number of nitrogens with zero attached hydrogens (tertiary/aromatic N) is 3. The van der Waals surface area contributed by atoms with E-state index in [1.165, 1.54) is 38.1 Å². The van der Waals surface area contributed by atoms with Gasteiger partial charge in [-0.1, -0.05) is 19.3 Å². The van der Waals surface area contributed by atoms with E-state index in [0.29, 0.717) is 12.1 Å². The first-order valence-electron chi connectivity index (χ1n) is 7.78. The van der Waals surface area contributed by atoms with Crippen LogP contribution in [-0.2, 0) is 0 Å². The number of rotatable bonds is 2. The molecule has 2 aliphatic rings. The van der Waals surface area contributed by atoms with Gasteiger partial charge in [-0.2, -0.15) is 0 Å². The SMILES string of the molecule is Cc1cn(C2CCCCC2)c(N2CCN[C@H](C)C2)n1. The van der Waals surface area contributed by atoms with Crippen LogP contribution in [0.4, 0.5) is 5.95 Å². The van der Waals surface area contributed by atoms with Gasteiger partial charge in [0.15, 0.2) is 0 Å². The van der Waals surface area contributed by atoms with Gasteiger partial charge in [0, 0.05) is 37.9 Å². The van der Waals surface area contributed by atoms with Crippen LogP contribution in [0.1, 0.15) is 50.8 Å². The van der Waals surface area contributed by atoms with E-state index in [1.54, 1.807) is 0 Å². The highest BCUT2D eigenvalue weighted by Gasteiger charge is 2.24. The largest absolute Gasteiger partial charge is 0.339 e. The molecule has 3 rings (SSSR count). The second kappa shape index (κ2) is 5.53. The minimum absolute atomic E-state index is 0.561. The molecule has 0 bridgehead atoms. The summed E-state index contributed by atoms with van der Waals surface area (Å²) in [5, 5.41) is 3.51. The topological polar surface area (TPSA) is 33.1 Å². The number of hydrogen-bond donors (Lipinski definition) is 1. The van der Waals surface area contributed by atoms with Gasteiger partial charge < -0.3 is 14.8 Å². The molecule has 0 radical (unpaired) electrons. The molecule has 19 heavy (non-hydrogen) atoms. The van der Waals surface area contributed by atoms with Gasteiger partial charge in [0.05, 0.1) is 5.69 Å². The van der Waals surface area contributed by atoms with E-state index in [1.807, 2.05) is 0 Å². The van der Waals surface area contributed by atoms with Gasteiger partial charge in [0.2, 0.25) is 5.95 Å². The van der Waals surface area contributed by atoms with Crippen molar-refractivity contribution in [1.82, 2.24) is 14.9 Å². The molecule has 0 unspecified atom stereocenters. The Morgan fingerprint density at radius 3 is 2.79 bits per heavy atom. The Hall–Kier alpha value is -1.03. The number of imidazole rings is 1. The lowest BCUT2D eigenvalue weighted by atomic mass is 9.95. The Bertz CT molecular complexity index is 420. The number of aryl methyl sites for hydroxylation is 1. The number of hydrogen-bond acceptors (Lipinski definition) is 3. The van der Waals surface area contributed by atoms with Crippen molar-refractivity contribution in [2.24, 2.45) is 0 Å². The number of aromatic nitrogens is 2. The Labute approximate surface area is 116 Å². The Morgan fingerprint density at radius 2 is 2.05 bits per heavy atom. The third-order valence-corrected chi connectivity index (χ3v) is 4.45. The van der Waals surface area contributed by atoms with Gasteiger partial charge in [-0.05, 0) is 26.7 Å². The molecule has 0 spiro atoms. The van der Waals surface area contributed by atoms with Crippen molar-refractivity contribution in [1.29, 1.82) is 0 Å². The van der Waals surface area contributed by atoms with Crippen LogP contribution in [-0.4, -0.2) is 35.2 Å². The summed E-state index contributed by atoms with van der Waals surface area (Å²) in [5.41, 5.74) is 1.16. The fourth-order valence-corrected chi connectivity index (χ4v) is 3.48. The van der Waals surface area contributed by atoms with Crippen molar-refractivity contribution in [3.63, 3.8) is 0 Å². The molecule has 1 aromatic heterocycles.